The maximum Gasteiger partial charge on any atom is 0.227 e. The molecule has 3 heterocycles. The summed E-state index contributed by atoms with van der Waals surface area (Å²) in [7, 11) is 4.16. The quantitative estimate of drug-likeness (QED) is 0.362. The number of halogens is 1. The Morgan fingerprint density at radius 1 is 1.05 bits per heavy atom. The van der Waals surface area contributed by atoms with Crippen LogP contribution < -0.4 is 10.1 Å². The second-order valence-electron chi connectivity index (χ2n) is 10.1. The van der Waals surface area contributed by atoms with Gasteiger partial charge in [-0.05, 0) is 62.9 Å². The fraction of sp³-hybridized carbons (Fsp3) is 0.345. The standard InChI is InChI=1S/C29H31ClN6O/c1-18-6-4-5-7-22(18)28-26-25(34-36(28)3)10-8-19-17-31-29(33-27(19)26)32-24-11-9-21(16-23(24)30)37-20-12-14-35(2)15-13-20/h4-7,9,11,16-17,20H,8,10,12-15H2,1-3H3,(H,31,32,33). The van der Waals surface area contributed by atoms with E-state index in [-0.39, 0.29) is 6.10 Å². The predicted molar refractivity (Wildman–Crippen MR) is 148 cm³/mol. The molecule has 1 aliphatic heterocycles. The Hall–Kier alpha value is -3.42. The molecule has 0 unspecified atom stereocenters. The predicted octanol–water partition coefficient (Wildman–Crippen LogP) is 5.82. The third kappa shape index (κ3) is 4.69. The van der Waals surface area contributed by atoms with Crippen LogP contribution in [-0.2, 0) is 19.9 Å². The molecule has 0 amide bonds. The maximum atomic E-state index is 6.65. The Morgan fingerprint density at radius 2 is 1.86 bits per heavy atom. The van der Waals surface area contributed by atoms with Crippen molar-refractivity contribution in [2.45, 2.75) is 38.7 Å². The highest BCUT2D eigenvalue weighted by molar-refractivity contribution is 6.33. The molecule has 1 saturated heterocycles. The number of piperidine rings is 1. The van der Waals surface area contributed by atoms with Gasteiger partial charge in [-0.3, -0.25) is 4.68 Å². The van der Waals surface area contributed by atoms with Crippen LogP contribution in [0.5, 0.6) is 5.75 Å². The molecule has 1 fully saturated rings. The molecule has 1 aliphatic carbocycles. The lowest BCUT2D eigenvalue weighted by atomic mass is 9.90. The molecule has 0 spiro atoms. The van der Waals surface area contributed by atoms with Gasteiger partial charge in [-0.1, -0.05) is 35.9 Å². The molecule has 2 aromatic carbocycles. The van der Waals surface area contributed by atoms with E-state index in [1.807, 2.05) is 36.1 Å². The summed E-state index contributed by atoms with van der Waals surface area (Å²) in [5.41, 5.74) is 8.45. The fourth-order valence-electron chi connectivity index (χ4n) is 5.36. The summed E-state index contributed by atoms with van der Waals surface area (Å²) in [4.78, 5) is 11.9. The minimum Gasteiger partial charge on any atom is -0.490 e. The van der Waals surface area contributed by atoms with Gasteiger partial charge in [0.25, 0.3) is 0 Å². The monoisotopic (exact) mass is 514 g/mol. The number of ether oxygens (including phenoxy) is 1. The maximum absolute atomic E-state index is 6.65. The molecule has 0 radical (unpaired) electrons. The molecular weight excluding hydrogens is 484 g/mol. The zero-order valence-electron chi connectivity index (χ0n) is 21.5. The smallest absolute Gasteiger partial charge is 0.227 e. The van der Waals surface area contributed by atoms with Crippen LogP contribution in [0.4, 0.5) is 11.6 Å². The summed E-state index contributed by atoms with van der Waals surface area (Å²) in [6.45, 7) is 4.24. The molecule has 0 bridgehead atoms. The van der Waals surface area contributed by atoms with Crippen molar-refractivity contribution in [3.8, 4) is 28.3 Å². The van der Waals surface area contributed by atoms with Crippen LogP contribution in [-0.4, -0.2) is 50.9 Å². The number of rotatable bonds is 5. The van der Waals surface area contributed by atoms with E-state index in [9.17, 15) is 0 Å². The topological polar surface area (TPSA) is 68.1 Å². The van der Waals surface area contributed by atoms with E-state index in [2.05, 4.69) is 53.4 Å². The number of nitrogens with zero attached hydrogens (tertiary/aromatic N) is 5. The largest absolute Gasteiger partial charge is 0.490 e. The summed E-state index contributed by atoms with van der Waals surface area (Å²) < 4.78 is 8.17. The molecule has 6 rings (SSSR count). The van der Waals surface area contributed by atoms with Crippen molar-refractivity contribution >= 4 is 23.2 Å². The van der Waals surface area contributed by atoms with Crippen LogP contribution >= 0.6 is 11.6 Å². The van der Waals surface area contributed by atoms with Crippen molar-refractivity contribution in [1.29, 1.82) is 0 Å². The van der Waals surface area contributed by atoms with Gasteiger partial charge in [0, 0.05) is 43.5 Å². The Bertz CT molecular complexity index is 1460. The minimum atomic E-state index is 0.228. The number of anilines is 2. The average Bonchev–Trinajstić information content (AvgIpc) is 3.23. The fourth-order valence-corrected chi connectivity index (χ4v) is 5.57. The summed E-state index contributed by atoms with van der Waals surface area (Å²) >= 11 is 6.65. The van der Waals surface area contributed by atoms with Gasteiger partial charge in [0.2, 0.25) is 5.95 Å². The summed E-state index contributed by atoms with van der Waals surface area (Å²) in [5, 5.41) is 8.76. The van der Waals surface area contributed by atoms with Crippen LogP contribution in [0.2, 0.25) is 5.02 Å². The molecule has 37 heavy (non-hydrogen) atoms. The first-order chi connectivity index (χ1) is 18.0. The van der Waals surface area contributed by atoms with Gasteiger partial charge in [-0.25, -0.2) is 9.97 Å². The first-order valence-electron chi connectivity index (χ1n) is 12.9. The molecule has 8 heteroatoms. The van der Waals surface area contributed by atoms with Gasteiger partial charge in [-0.15, -0.1) is 0 Å². The van der Waals surface area contributed by atoms with Gasteiger partial charge in [-0.2, -0.15) is 5.10 Å². The second kappa shape index (κ2) is 9.80. The molecule has 0 saturated carbocycles. The second-order valence-corrected chi connectivity index (χ2v) is 10.5. The lowest BCUT2D eigenvalue weighted by Crippen LogP contribution is -2.35. The van der Waals surface area contributed by atoms with Crippen molar-refractivity contribution < 1.29 is 4.74 Å². The van der Waals surface area contributed by atoms with E-state index in [0.717, 1.165) is 78.4 Å². The Morgan fingerprint density at radius 3 is 2.65 bits per heavy atom. The highest BCUT2D eigenvalue weighted by Crippen LogP contribution is 2.40. The number of nitrogens with one attached hydrogen (secondary N) is 1. The van der Waals surface area contributed by atoms with Crippen molar-refractivity contribution in [3.63, 3.8) is 0 Å². The van der Waals surface area contributed by atoms with Gasteiger partial charge < -0.3 is 15.0 Å². The molecule has 190 valence electrons. The van der Waals surface area contributed by atoms with Crippen molar-refractivity contribution in [2.24, 2.45) is 7.05 Å². The van der Waals surface area contributed by atoms with Gasteiger partial charge in [0.05, 0.1) is 27.8 Å². The molecule has 1 N–H and O–H groups in total. The summed E-state index contributed by atoms with van der Waals surface area (Å²) in [6, 6.07) is 14.2. The Balaban J connectivity index is 1.28. The van der Waals surface area contributed by atoms with E-state index in [4.69, 9.17) is 26.4 Å². The van der Waals surface area contributed by atoms with Gasteiger partial charge >= 0.3 is 0 Å². The van der Waals surface area contributed by atoms with Gasteiger partial charge in [0.15, 0.2) is 0 Å². The van der Waals surface area contributed by atoms with Crippen LogP contribution in [0.1, 0.15) is 29.7 Å². The number of aryl methyl sites for hydroxylation is 4. The van der Waals surface area contributed by atoms with E-state index in [0.29, 0.717) is 11.0 Å². The van der Waals surface area contributed by atoms with Crippen LogP contribution in [0.15, 0.2) is 48.7 Å². The minimum absolute atomic E-state index is 0.228. The summed E-state index contributed by atoms with van der Waals surface area (Å²) in [6.07, 6.45) is 5.95. The van der Waals surface area contributed by atoms with E-state index in [1.165, 1.54) is 11.1 Å². The molecular formula is C29H31ClN6O. The SMILES string of the molecule is Cc1ccccc1-c1c2c(nn1C)CCc1cnc(Nc3ccc(OC4CCN(C)CC4)cc3Cl)nc1-2. The molecule has 2 aliphatic rings. The van der Waals surface area contributed by atoms with Crippen molar-refractivity contribution in [2.75, 3.05) is 25.5 Å². The number of aromatic nitrogens is 4. The molecule has 4 aromatic rings. The average molecular weight is 515 g/mol. The lowest BCUT2D eigenvalue weighted by Gasteiger charge is -2.29. The molecule has 7 nitrogen and oxygen atoms in total. The Labute approximate surface area is 222 Å². The number of likely N-dealkylation sites (tertiary alicyclic amines) is 1. The zero-order chi connectivity index (χ0) is 25.5. The number of hydrogen-bond donors (Lipinski definition) is 1. The summed E-state index contributed by atoms with van der Waals surface area (Å²) in [5.74, 6) is 1.30. The highest BCUT2D eigenvalue weighted by Gasteiger charge is 2.27. The van der Waals surface area contributed by atoms with Crippen molar-refractivity contribution in [3.05, 3.63) is 70.5 Å². The lowest BCUT2D eigenvalue weighted by molar-refractivity contribution is 0.114. The molecule has 0 atom stereocenters. The first kappa shape index (κ1) is 23.9. The van der Waals surface area contributed by atoms with Crippen LogP contribution in [0, 0.1) is 6.92 Å². The Kier molecular flexibility index (Phi) is 6.34. The van der Waals surface area contributed by atoms with Crippen molar-refractivity contribution in [1.82, 2.24) is 24.6 Å². The number of benzene rings is 2. The number of hydrogen-bond acceptors (Lipinski definition) is 6. The van der Waals surface area contributed by atoms with E-state index < -0.39 is 0 Å². The van der Waals surface area contributed by atoms with Crippen LogP contribution in [0.25, 0.3) is 22.5 Å². The van der Waals surface area contributed by atoms with E-state index in [1.54, 1.807) is 0 Å². The first-order valence-corrected chi connectivity index (χ1v) is 13.2. The zero-order valence-corrected chi connectivity index (χ0v) is 22.2. The number of fused-ring (bicyclic) bond motifs is 3. The van der Waals surface area contributed by atoms with E-state index >= 15 is 0 Å². The highest BCUT2D eigenvalue weighted by atomic mass is 35.5. The third-order valence-corrected chi connectivity index (χ3v) is 7.72. The molecule has 2 aromatic heterocycles. The third-order valence-electron chi connectivity index (χ3n) is 7.41. The normalized spacial score (nSPS) is 15.8. The van der Waals surface area contributed by atoms with Gasteiger partial charge in [0.1, 0.15) is 11.9 Å². The van der Waals surface area contributed by atoms with Crippen LogP contribution in [0.3, 0.4) is 0 Å².